The predicted molar refractivity (Wildman–Crippen MR) is 97.0 cm³/mol. The summed E-state index contributed by atoms with van der Waals surface area (Å²) in [6.07, 6.45) is 3.01. The number of ether oxygens (including phenoxy) is 2. The molecule has 0 aromatic carbocycles. The number of hydrogen-bond acceptors (Lipinski definition) is 6. The fourth-order valence-electron chi connectivity index (χ4n) is 4.56. The van der Waals surface area contributed by atoms with E-state index in [0.717, 1.165) is 10.8 Å². The molecule has 24 heavy (non-hydrogen) atoms. The molecule has 2 aliphatic carbocycles. The van der Waals surface area contributed by atoms with Crippen molar-refractivity contribution < 1.29 is 9.47 Å². The van der Waals surface area contributed by atoms with Gasteiger partial charge in [0.25, 0.3) is 0 Å². The van der Waals surface area contributed by atoms with E-state index >= 15 is 0 Å². The number of alkyl halides is 1. The van der Waals surface area contributed by atoms with Crippen molar-refractivity contribution in [3.05, 3.63) is 11.6 Å². The van der Waals surface area contributed by atoms with Crippen LogP contribution in [0.2, 0.25) is 5.28 Å². The third-order valence-electron chi connectivity index (χ3n) is 5.61. The highest BCUT2D eigenvalue weighted by Crippen LogP contribution is 2.72. The van der Waals surface area contributed by atoms with Gasteiger partial charge >= 0.3 is 0 Å². The van der Waals surface area contributed by atoms with E-state index in [4.69, 9.17) is 26.8 Å². The summed E-state index contributed by atoms with van der Waals surface area (Å²) in [7, 11) is 0. The highest BCUT2D eigenvalue weighted by molar-refractivity contribution is 14.1. The van der Waals surface area contributed by atoms with Gasteiger partial charge in [-0.3, -0.25) is 0 Å². The Morgan fingerprint density at radius 2 is 2.21 bits per heavy atom. The quantitative estimate of drug-likeness (QED) is 0.420. The molecule has 1 aliphatic heterocycles. The van der Waals surface area contributed by atoms with Gasteiger partial charge < -0.3 is 19.8 Å². The number of nitrogens with zero attached hydrogens (tertiary/aromatic N) is 4. The van der Waals surface area contributed by atoms with Crippen LogP contribution in [0, 0.1) is 11.3 Å². The minimum Gasteiger partial charge on any atom is -0.382 e. The summed E-state index contributed by atoms with van der Waals surface area (Å²) in [4.78, 5) is 12.8. The second-order valence-electron chi connectivity index (χ2n) is 7.39. The number of halogens is 2. The van der Waals surface area contributed by atoms with Crippen LogP contribution in [0.5, 0.6) is 0 Å². The zero-order valence-corrected chi connectivity index (χ0v) is 16.2. The molecule has 2 saturated carbocycles. The van der Waals surface area contributed by atoms with Crippen LogP contribution in [0.3, 0.4) is 0 Å². The summed E-state index contributed by atoms with van der Waals surface area (Å²) in [5.74, 6) is 0.230. The summed E-state index contributed by atoms with van der Waals surface area (Å²) >= 11 is 8.48. The molecule has 3 fully saturated rings. The van der Waals surface area contributed by atoms with Crippen molar-refractivity contribution in [2.24, 2.45) is 11.3 Å². The molecule has 0 amide bonds. The van der Waals surface area contributed by atoms with Gasteiger partial charge in [0, 0.05) is 9.84 Å². The molecule has 0 bridgehead atoms. The maximum atomic E-state index is 6.26. The van der Waals surface area contributed by atoms with Crippen LogP contribution in [0.25, 0.3) is 11.2 Å². The van der Waals surface area contributed by atoms with Gasteiger partial charge in [0.15, 0.2) is 17.3 Å². The van der Waals surface area contributed by atoms with Gasteiger partial charge in [-0.15, -0.1) is 0 Å². The zero-order valence-electron chi connectivity index (χ0n) is 13.2. The van der Waals surface area contributed by atoms with Crippen molar-refractivity contribution in [3.63, 3.8) is 0 Å². The summed E-state index contributed by atoms with van der Waals surface area (Å²) in [5, 5.41) is 0.135. The topological polar surface area (TPSA) is 88.1 Å². The molecule has 9 heteroatoms. The molecule has 128 valence electrons. The van der Waals surface area contributed by atoms with Crippen LogP contribution in [0.1, 0.15) is 26.3 Å². The summed E-state index contributed by atoms with van der Waals surface area (Å²) in [6, 6.07) is 0.127. The first kappa shape index (κ1) is 15.5. The van der Waals surface area contributed by atoms with E-state index in [9.17, 15) is 0 Å². The minimum absolute atomic E-state index is 0.0131. The fraction of sp³-hybridized carbons (Fsp3) is 0.667. The van der Waals surface area contributed by atoms with Gasteiger partial charge in [-0.1, -0.05) is 22.6 Å². The Kier molecular flexibility index (Phi) is 3.05. The minimum atomic E-state index is -0.567. The maximum absolute atomic E-state index is 6.26. The normalized spacial score (nSPS) is 39.2. The van der Waals surface area contributed by atoms with Gasteiger partial charge in [-0.2, -0.15) is 9.97 Å². The second kappa shape index (κ2) is 4.72. The van der Waals surface area contributed by atoms with Crippen LogP contribution in [0.4, 0.5) is 5.82 Å². The van der Waals surface area contributed by atoms with E-state index in [1.165, 1.54) is 0 Å². The Bertz CT molecular complexity index is 858. The smallest absolute Gasteiger partial charge is 0.226 e. The van der Waals surface area contributed by atoms with E-state index in [1.807, 2.05) is 13.8 Å². The monoisotopic (exact) mass is 461 g/mol. The Labute approximate surface area is 157 Å². The lowest BCUT2D eigenvalue weighted by atomic mass is 10.0. The molecule has 1 saturated heterocycles. The van der Waals surface area contributed by atoms with Crippen molar-refractivity contribution in [2.75, 3.05) is 10.2 Å². The third-order valence-corrected chi connectivity index (χ3v) is 7.20. The number of aromatic nitrogens is 4. The van der Waals surface area contributed by atoms with Crippen molar-refractivity contribution >= 4 is 51.2 Å². The lowest BCUT2D eigenvalue weighted by molar-refractivity contribution is -0.160. The van der Waals surface area contributed by atoms with Crippen LogP contribution in [-0.4, -0.2) is 41.9 Å². The van der Waals surface area contributed by atoms with Crippen LogP contribution in [0.15, 0.2) is 6.33 Å². The Balaban J connectivity index is 1.65. The first-order valence-corrected chi connectivity index (χ1v) is 9.84. The average molecular weight is 462 g/mol. The highest BCUT2D eigenvalue weighted by Gasteiger charge is 2.75. The van der Waals surface area contributed by atoms with Crippen LogP contribution in [-0.2, 0) is 9.47 Å². The van der Waals surface area contributed by atoms with E-state index in [-0.39, 0.29) is 28.9 Å². The number of hydrogen-bond donors (Lipinski definition) is 1. The van der Waals surface area contributed by atoms with Crippen molar-refractivity contribution in [1.82, 2.24) is 19.5 Å². The fourth-order valence-corrected chi connectivity index (χ4v) is 6.04. The molecule has 2 N–H and O–H groups in total. The maximum Gasteiger partial charge on any atom is 0.226 e. The Morgan fingerprint density at radius 3 is 2.96 bits per heavy atom. The van der Waals surface area contributed by atoms with E-state index in [0.29, 0.717) is 22.9 Å². The van der Waals surface area contributed by atoms with E-state index < -0.39 is 5.79 Å². The Morgan fingerprint density at radius 1 is 1.42 bits per heavy atom. The first-order chi connectivity index (χ1) is 11.4. The molecule has 3 aliphatic rings. The third kappa shape index (κ3) is 1.88. The summed E-state index contributed by atoms with van der Waals surface area (Å²) in [5.41, 5.74) is 7.38. The lowest BCUT2D eigenvalue weighted by Gasteiger charge is -2.24. The van der Waals surface area contributed by atoms with Crippen molar-refractivity contribution in [1.29, 1.82) is 0 Å². The predicted octanol–water partition coefficient (Wildman–Crippen LogP) is 2.58. The molecule has 5 rings (SSSR count). The number of anilines is 1. The molecular formula is C15H17ClIN5O2. The van der Waals surface area contributed by atoms with Gasteiger partial charge in [-0.05, 0) is 37.8 Å². The number of rotatable bonds is 2. The van der Waals surface area contributed by atoms with Gasteiger partial charge in [0.05, 0.1) is 18.5 Å². The molecule has 5 atom stereocenters. The molecule has 3 heterocycles. The number of fused-ring (bicyclic) bond motifs is 4. The zero-order chi connectivity index (χ0) is 16.9. The number of imidazole rings is 1. The Hall–Kier alpha value is -0.710. The lowest BCUT2D eigenvalue weighted by Crippen LogP contribution is -2.32. The largest absolute Gasteiger partial charge is 0.382 e. The van der Waals surface area contributed by atoms with Crippen molar-refractivity contribution in [2.45, 2.75) is 44.3 Å². The standard InChI is InChI=1S/C15H17ClIN5O2/c1-14(2)23-9-8(6-3-15(6,4-17)10(9)24-14)22-5-19-7-11(18)20-13(16)21-12(7)22/h5-6,8-10H,3-4H2,1-2H3,(H2,18,20,21)/t6-,8-,9+,10+,15?/m1/s1. The molecular weight excluding hydrogens is 445 g/mol. The van der Waals surface area contributed by atoms with Crippen LogP contribution < -0.4 is 5.73 Å². The van der Waals surface area contributed by atoms with Gasteiger partial charge in [0.2, 0.25) is 5.28 Å². The molecule has 0 radical (unpaired) electrons. The van der Waals surface area contributed by atoms with E-state index in [1.54, 1.807) is 6.33 Å². The molecule has 2 aromatic rings. The highest BCUT2D eigenvalue weighted by atomic mass is 127. The van der Waals surface area contributed by atoms with Crippen molar-refractivity contribution in [3.8, 4) is 0 Å². The molecule has 0 spiro atoms. The van der Waals surface area contributed by atoms with Crippen LogP contribution >= 0.6 is 34.2 Å². The average Bonchev–Trinajstić information content (AvgIpc) is 2.78. The molecule has 1 unspecified atom stereocenters. The van der Waals surface area contributed by atoms with Gasteiger partial charge in [-0.25, -0.2) is 4.98 Å². The molecule has 2 aromatic heterocycles. The summed E-state index contributed by atoms with van der Waals surface area (Å²) < 4.78 is 15.6. The van der Waals surface area contributed by atoms with E-state index in [2.05, 4.69) is 42.1 Å². The first-order valence-electron chi connectivity index (χ1n) is 7.93. The summed E-state index contributed by atoms with van der Waals surface area (Å²) in [6.45, 7) is 3.95. The second-order valence-corrected chi connectivity index (χ2v) is 8.49. The van der Waals surface area contributed by atoms with Gasteiger partial charge in [0.1, 0.15) is 11.6 Å². The number of nitrogen functional groups attached to an aromatic ring is 1. The number of nitrogens with two attached hydrogens (primary N) is 1. The SMILES string of the molecule is CC1(C)O[C@H]2[C@H](n3cnc4c(N)nc(Cl)nc43)[C@H]3CC3(CI)[C@H]2O1. The molecule has 7 nitrogen and oxygen atoms in total.